The SMILES string of the molecule is OCCN1CCN(C2c3ccccc3-c3ccccc32)CC1. The molecule has 3 heteroatoms. The van der Waals surface area contributed by atoms with E-state index in [1.54, 1.807) is 0 Å². The highest BCUT2D eigenvalue weighted by Gasteiger charge is 2.33. The first-order chi connectivity index (χ1) is 10.9. The van der Waals surface area contributed by atoms with E-state index in [-0.39, 0.29) is 6.61 Å². The second-order valence-corrected chi connectivity index (χ2v) is 6.18. The van der Waals surface area contributed by atoms with Gasteiger partial charge in [-0.25, -0.2) is 0 Å². The van der Waals surface area contributed by atoms with Crippen molar-refractivity contribution in [2.24, 2.45) is 0 Å². The Hall–Kier alpha value is -1.68. The molecule has 0 aromatic heterocycles. The van der Waals surface area contributed by atoms with Crippen LogP contribution < -0.4 is 0 Å². The third kappa shape index (κ3) is 2.26. The summed E-state index contributed by atoms with van der Waals surface area (Å²) in [7, 11) is 0. The molecule has 0 spiro atoms. The summed E-state index contributed by atoms with van der Waals surface area (Å²) in [5, 5.41) is 9.10. The van der Waals surface area contributed by atoms with Gasteiger partial charge < -0.3 is 5.11 Å². The smallest absolute Gasteiger partial charge is 0.0614 e. The van der Waals surface area contributed by atoms with Gasteiger partial charge >= 0.3 is 0 Å². The van der Waals surface area contributed by atoms with E-state index < -0.39 is 0 Å². The van der Waals surface area contributed by atoms with Crippen molar-refractivity contribution < 1.29 is 5.11 Å². The van der Waals surface area contributed by atoms with Crippen LogP contribution in [-0.4, -0.2) is 54.2 Å². The molecule has 22 heavy (non-hydrogen) atoms. The third-order valence-corrected chi connectivity index (χ3v) is 4.99. The average Bonchev–Trinajstić information content (AvgIpc) is 2.91. The van der Waals surface area contributed by atoms with Gasteiger partial charge in [0.05, 0.1) is 12.6 Å². The van der Waals surface area contributed by atoms with Crippen LogP contribution in [0.5, 0.6) is 0 Å². The van der Waals surface area contributed by atoms with Crippen molar-refractivity contribution in [1.29, 1.82) is 0 Å². The number of fused-ring (bicyclic) bond motifs is 3. The molecule has 0 bridgehead atoms. The lowest BCUT2D eigenvalue weighted by Gasteiger charge is -2.38. The van der Waals surface area contributed by atoms with Crippen LogP contribution in [-0.2, 0) is 0 Å². The standard InChI is InChI=1S/C19H22N2O/c22-14-13-20-9-11-21(12-10-20)19-17-7-3-1-5-15(17)16-6-2-4-8-18(16)19/h1-8,19,22H,9-14H2. The van der Waals surface area contributed by atoms with Crippen LogP contribution in [0.1, 0.15) is 17.2 Å². The number of hydrogen-bond acceptors (Lipinski definition) is 3. The summed E-state index contributed by atoms with van der Waals surface area (Å²) in [5.74, 6) is 0. The van der Waals surface area contributed by atoms with Gasteiger partial charge in [0.2, 0.25) is 0 Å². The first kappa shape index (κ1) is 13.9. The number of rotatable bonds is 3. The number of β-amino-alcohol motifs (C(OH)–C–C–N with tert-alkyl or cyclic N) is 1. The molecule has 2 aromatic rings. The molecule has 1 aliphatic heterocycles. The number of nitrogens with zero attached hydrogens (tertiary/aromatic N) is 2. The summed E-state index contributed by atoms with van der Waals surface area (Å²) in [4.78, 5) is 4.95. The molecule has 1 fully saturated rings. The molecule has 0 saturated carbocycles. The highest BCUT2D eigenvalue weighted by atomic mass is 16.3. The largest absolute Gasteiger partial charge is 0.395 e. The molecular weight excluding hydrogens is 272 g/mol. The quantitative estimate of drug-likeness (QED) is 0.941. The zero-order chi connectivity index (χ0) is 14.9. The van der Waals surface area contributed by atoms with Gasteiger partial charge in [-0.2, -0.15) is 0 Å². The van der Waals surface area contributed by atoms with Crippen molar-refractivity contribution in [1.82, 2.24) is 9.80 Å². The molecule has 2 aromatic carbocycles. The molecule has 1 N–H and O–H groups in total. The lowest BCUT2D eigenvalue weighted by atomic mass is 10.0. The Labute approximate surface area is 131 Å². The fraction of sp³-hybridized carbons (Fsp3) is 0.368. The van der Waals surface area contributed by atoms with Crippen molar-refractivity contribution in [3.05, 3.63) is 59.7 Å². The minimum absolute atomic E-state index is 0.259. The normalized spacial score (nSPS) is 19.1. The molecule has 1 heterocycles. The minimum Gasteiger partial charge on any atom is -0.395 e. The Morgan fingerprint density at radius 1 is 0.818 bits per heavy atom. The molecule has 0 atom stereocenters. The fourth-order valence-corrected chi connectivity index (χ4v) is 3.91. The first-order valence-electron chi connectivity index (χ1n) is 8.14. The van der Waals surface area contributed by atoms with Crippen LogP contribution in [0.3, 0.4) is 0 Å². The van der Waals surface area contributed by atoms with Gasteiger partial charge in [-0.1, -0.05) is 48.5 Å². The zero-order valence-corrected chi connectivity index (χ0v) is 12.8. The van der Waals surface area contributed by atoms with Crippen molar-refractivity contribution in [3.8, 4) is 11.1 Å². The summed E-state index contributed by atoms with van der Waals surface area (Å²) in [6.45, 7) is 5.27. The van der Waals surface area contributed by atoms with Gasteiger partial charge in [0.15, 0.2) is 0 Å². The van der Waals surface area contributed by atoms with E-state index in [4.69, 9.17) is 5.11 Å². The number of aliphatic hydroxyl groups excluding tert-OH is 1. The topological polar surface area (TPSA) is 26.7 Å². The van der Waals surface area contributed by atoms with E-state index in [2.05, 4.69) is 58.3 Å². The van der Waals surface area contributed by atoms with Crippen LogP contribution in [0, 0.1) is 0 Å². The molecule has 0 amide bonds. The summed E-state index contributed by atoms with van der Waals surface area (Å²) >= 11 is 0. The van der Waals surface area contributed by atoms with Crippen LogP contribution in [0.2, 0.25) is 0 Å². The summed E-state index contributed by atoms with van der Waals surface area (Å²) in [6.07, 6.45) is 0. The van der Waals surface area contributed by atoms with E-state index in [0.29, 0.717) is 6.04 Å². The molecule has 1 saturated heterocycles. The molecule has 0 unspecified atom stereocenters. The predicted molar refractivity (Wildman–Crippen MR) is 88.8 cm³/mol. The number of hydrogen-bond donors (Lipinski definition) is 1. The van der Waals surface area contributed by atoms with Crippen molar-refractivity contribution in [2.45, 2.75) is 6.04 Å². The van der Waals surface area contributed by atoms with Gasteiger partial charge in [-0.3, -0.25) is 9.80 Å². The Morgan fingerprint density at radius 2 is 1.36 bits per heavy atom. The summed E-state index contributed by atoms with van der Waals surface area (Å²) in [5.41, 5.74) is 5.67. The monoisotopic (exact) mass is 294 g/mol. The maximum atomic E-state index is 9.10. The molecule has 1 aliphatic carbocycles. The van der Waals surface area contributed by atoms with Gasteiger partial charge in [0.25, 0.3) is 0 Å². The van der Waals surface area contributed by atoms with E-state index in [0.717, 1.165) is 32.7 Å². The average molecular weight is 294 g/mol. The highest BCUT2D eigenvalue weighted by molar-refractivity contribution is 5.78. The molecule has 114 valence electrons. The van der Waals surface area contributed by atoms with Crippen LogP contribution in [0.4, 0.5) is 0 Å². The zero-order valence-electron chi connectivity index (χ0n) is 12.8. The van der Waals surface area contributed by atoms with Crippen molar-refractivity contribution >= 4 is 0 Å². The van der Waals surface area contributed by atoms with Crippen LogP contribution in [0.25, 0.3) is 11.1 Å². The molecular formula is C19H22N2O. The minimum atomic E-state index is 0.259. The van der Waals surface area contributed by atoms with Crippen molar-refractivity contribution in [3.63, 3.8) is 0 Å². The van der Waals surface area contributed by atoms with Gasteiger partial charge in [0, 0.05) is 32.7 Å². The second-order valence-electron chi connectivity index (χ2n) is 6.18. The van der Waals surface area contributed by atoms with Crippen LogP contribution >= 0.6 is 0 Å². The van der Waals surface area contributed by atoms with E-state index in [1.165, 1.54) is 22.3 Å². The van der Waals surface area contributed by atoms with Gasteiger partial charge in [0.1, 0.15) is 0 Å². The predicted octanol–water partition coefficient (Wildman–Crippen LogP) is 2.37. The summed E-state index contributed by atoms with van der Waals surface area (Å²) < 4.78 is 0. The lowest BCUT2D eigenvalue weighted by Crippen LogP contribution is -2.48. The first-order valence-corrected chi connectivity index (χ1v) is 8.14. The van der Waals surface area contributed by atoms with Gasteiger partial charge in [-0.15, -0.1) is 0 Å². The van der Waals surface area contributed by atoms with Gasteiger partial charge in [-0.05, 0) is 22.3 Å². The maximum Gasteiger partial charge on any atom is 0.0614 e. The van der Waals surface area contributed by atoms with E-state index in [9.17, 15) is 0 Å². The van der Waals surface area contributed by atoms with Crippen molar-refractivity contribution in [2.75, 3.05) is 39.3 Å². The Balaban J connectivity index is 1.65. The number of piperazine rings is 1. The molecule has 0 radical (unpaired) electrons. The molecule has 4 rings (SSSR count). The van der Waals surface area contributed by atoms with E-state index in [1.807, 2.05) is 0 Å². The second kappa shape index (κ2) is 5.84. The Bertz CT molecular complexity index is 616. The number of aliphatic hydroxyl groups is 1. The Morgan fingerprint density at radius 3 is 1.91 bits per heavy atom. The summed E-state index contributed by atoms with van der Waals surface area (Å²) in [6, 6.07) is 18.0. The van der Waals surface area contributed by atoms with Crippen LogP contribution in [0.15, 0.2) is 48.5 Å². The fourth-order valence-electron chi connectivity index (χ4n) is 3.91. The third-order valence-electron chi connectivity index (χ3n) is 4.99. The molecule has 3 nitrogen and oxygen atoms in total. The Kier molecular flexibility index (Phi) is 3.70. The maximum absolute atomic E-state index is 9.10. The van der Waals surface area contributed by atoms with E-state index >= 15 is 0 Å². The number of benzene rings is 2. The lowest BCUT2D eigenvalue weighted by molar-refractivity contribution is 0.0956. The highest BCUT2D eigenvalue weighted by Crippen LogP contribution is 2.46. The molecule has 2 aliphatic rings.